The van der Waals surface area contributed by atoms with Gasteiger partial charge in [0.2, 0.25) is 12.3 Å². The molecule has 0 heterocycles. The number of carbonyl (C=O) groups is 2. The molecule has 0 aromatic heterocycles. The summed E-state index contributed by atoms with van der Waals surface area (Å²) in [6.07, 6.45) is 0.308. The summed E-state index contributed by atoms with van der Waals surface area (Å²) in [4.78, 5) is 23.4. The zero-order chi connectivity index (χ0) is 6.41. The van der Waals surface area contributed by atoms with Gasteiger partial charge in [-0.3, -0.25) is 14.4 Å². The summed E-state index contributed by atoms with van der Waals surface area (Å²) < 4.78 is 0. The number of hydrogen-bond donors (Lipinski definition) is 2. The molecule has 0 saturated carbocycles. The molecule has 0 fully saturated rings. The van der Waals surface area contributed by atoms with E-state index < -0.39 is 5.91 Å². The van der Waals surface area contributed by atoms with E-state index in [1.807, 2.05) is 0 Å². The fraction of sp³-hybridized carbons (Fsp3) is 0.333. The summed E-state index contributed by atoms with van der Waals surface area (Å²) >= 11 is 0. The number of hydrogen-bond acceptors (Lipinski definition) is 3. The molecule has 5 heteroatoms. The van der Waals surface area contributed by atoms with Crippen LogP contribution in [0.3, 0.4) is 0 Å². The number of nitrogens with one attached hydrogen (secondary N) is 1. The highest BCUT2D eigenvalue weighted by Gasteiger charge is 1.89. The number of rotatable bonds is 4. The highest BCUT2D eigenvalue weighted by atomic mass is 16.6. The van der Waals surface area contributed by atoms with Crippen LogP contribution in [0, 0.1) is 0 Å². The third kappa shape index (κ3) is 4.90. The molecule has 5 nitrogen and oxygen atoms in total. The Morgan fingerprint density at radius 2 is 2.50 bits per heavy atom. The van der Waals surface area contributed by atoms with Gasteiger partial charge in [0.15, 0.2) is 6.61 Å². The molecular formula is C3H6N2O3. The Hall–Kier alpha value is -1.10. The highest BCUT2D eigenvalue weighted by Crippen LogP contribution is 1.59. The minimum absolute atomic E-state index is 0.293. The lowest BCUT2D eigenvalue weighted by molar-refractivity contribution is -0.130. The maximum Gasteiger partial charge on any atom is 0.246 e. The molecule has 0 aliphatic heterocycles. The number of hydroxylamine groups is 1. The smallest absolute Gasteiger partial charge is 0.246 e. The number of carbonyl (C=O) groups excluding carboxylic acids is 2. The van der Waals surface area contributed by atoms with Crippen LogP contribution in [-0.2, 0) is 14.4 Å². The zero-order valence-electron chi connectivity index (χ0n) is 4.09. The lowest BCUT2D eigenvalue weighted by Crippen LogP contribution is -2.23. The van der Waals surface area contributed by atoms with E-state index in [2.05, 4.69) is 10.6 Å². The van der Waals surface area contributed by atoms with Gasteiger partial charge in [0.25, 0.3) is 0 Å². The van der Waals surface area contributed by atoms with Crippen molar-refractivity contribution < 1.29 is 14.4 Å². The average Bonchev–Trinajstić information content (AvgIpc) is 1.66. The van der Waals surface area contributed by atoms with E-state index in [-0.39, 0.29) is 6.61 Å². The van der Waals surface area contributed by atoms with E-state index in [9.17, 15) is 9.59 Å². The largest absolute Gasteiger partial charge is 0.368 e. The first-order valence-corrected chi connectivity index (χ1v) is 1.86. The second-order valence-electron chi connectivity index (χ2n) is 0.991. The van der Waals surface area contributed by atoms with Crippen molar-refractivity contribution in [2.45, 2.75) is 0 Å². The molecule has 0 atom stereocenters. The third-order valence-electron chi connectivity index (χ3n) is 0.346. The van der Waals surface area contributed by atoms with Crippen molar-refractivity contribution in [2.75, 3.05) is 6.61 Å². The Labute approximate surface area is 45.7 Å². The van der Waals surface area contributed by atoms with Crippen molar-refractivity contribution in [3.8, 4) is 0 Å². The molecule has 0 saturated heterocycles. The average molecular weight is 118 g/mol. The summed E-state index contributed by atoms with van der Waals surface area (Å²) in [7, 11) is 0. The van der Waals surface area contributed by atoms with Crippen molar-refractivity contribution in [1.82, 2.24) is 5.48 Å². The zero-order valence-corrected chi connectivity index (χ0v) is 4.09. The predicted molar refractivity (Wildman–Crippen MR) is 24.3 cm³/mol. The van der Waals surface area contributed by atoms with Crippen LogP contribution >= 0.6 is 0 Å². The molecule has 3 N–H and O–H groups in total. The SMILES string of the molecule is NC(=O)CONC=O. The quantitative estimate of drug-likeness (QED) is 0.258. The van der Waals surface area contributed by atoms with Crippen molar-refractivity contribution in [3.63, 3.8) is 0 Å². The number of nitrogens with two attached hydrogens (primary N) is 1. The maximum absolute atomic E-state index is 9.82. The fourth-order valence-electron chi connectivity index (χ4n) is 0.147. The molecule has 0 rings (SSSR count). The second kappa shape index (κ2) is 4.07. The van der Waals surface area contributed by atoms with E-state index in [0.29, 0.717) is 6.41 Å². The van der Waals surface area contributed by atoms with Gasteiger partial charge in [-0.05, 0) is 0 Å². The van der Waals surface area contributed by atoms with Gasteiger partial charge in [-0.2, -0.15) is 0 Å². The Balaban J connectivity index is 2.93. The topological polar surface area (TPSA) is 81.4 Å². The Bertz CT molecular complexity index is 92.5. The summed E-state index contributed by atoms with van der Waals surface area (Å²) in [6, 6.07) is 0. The van der Waals surface area contributed by atoms with Gasteiger partial charge in [0, 0.05) is 0 Å². The molecule has 2 amide bonds. The fourth-order valence-corrected chi connectivity index (χ4v) is 0.147. The number of amides is 2. The lowest BCUT2D eigenvalue weighted by atomic mass is 10.7. The molecule has 0 unspecified atom stereocenters. The molecule has 8 heavy (non-hydrogen) atoms. The first-order valence-electron chi connectivity index (χ1n) is 1.86. The normalized spacial score (nSPS) is 8.00. The van der Waals surface area contributed by atoms with Crippen molar-refractivity contribution in [3.05, 3.63) is 0 Å². The van der Waals surface area contributed by atoms with Crippen molar-refractivity contribution in [2.24, 2.45) is 5.73 Å². The highest BCUT2D eigenvalue weighted by molar-refractivity contribution is 5.75. The number of primary amides is 1. The predicted octanol–water partition coefficient (Wildman–Crippen LogP) is -1.85. The Morgan fingerprint density at radius 1 is 1.88 bits per heavy atom. The second-order valence-corrected chi connectivity index (χ2v) is 0.991. The van der Waals surface area contributed by atoms with Gasteiger partial charge in [-0.15, -0.1) is 0 Å². The summed E-state index contributed by atoms with van der Waals surface area (Å²) in [5, 5.41) is 0. The molecule has 0 bridgehead atoms. The molecule has 0 aliphatic carbocycles. The van der Waals surface area contributed by atoms with Crippen LogP contribution < -0.4 is 11.2 Å². The third-order valence-corrected chi connectivity index (χ3v) is 0.346. The summed E-state index contributed by atoms with van der Waals surface area (Å²) in [6.45, 7) is -0.293. The van der Waals surface area contributed by atoms with E-state index in [1.165, 1.54) is 0 Å². The first-order chi connectivity index (χ1) is 3.77. The molecule has 0 spiro atoms. The van der Waals surface area contributed by atoms with Gasteiger partial charge in [0.05, 0.1) is 0 Å². The van der Waals surface area contributed by atoms with Gasteiger partial charge in [-0.25, -0.2) is 5.48 Å². The van der Waals surface area contributed by atoms with Gasteiger partial charge in [0.1, 0.15) is 0 Å². The molecule has 0 aromatic rings. The van der Waals surface area contributed by atoms with Gasteiger partial charge < -0.3 is 5.73 Å². The minimum Gasteiger partial charge on any atom is -0.368 e. The standard InChI is InChI=1S/C3H6N2O3/c4-3(7)1-8-5-2-6/h2H,1H2,(H2,4,7)(H,5,6). The van der Waals surface area contributed by atoms with Gasteiger partial charge in [-0.1, -0.05) is 0 Å². The van der Waals surface area contributed by atoms with Crippen LogP contribution in [0.2, 0.25) is 0 Å². The van der Waals surface area contributed by atoms with E-state index in [4.69, 9.17) is 0 Å². The van der Waals surface area contributed by atoms with E-state index in [1.54, 1.807) is 5.48 Å². The van der Waals surface area contributed by atoms with E-state index in [0.717, 1.165) is 0 Å². The van der Waals surface area contributed by atoms with Crippen LogP contribution in [0.5, 0.6) is 0 Å². The van der Waals surface area contributed by atoms with Crippen LogP contribution in [-0.4, -0.2) is 18.9 Å². The van der Waals surface area contributed by atoms with Crippen LogP contribution in [0.4, 0.5) is 0 Å². The Morgan fingerprint density at radius 3 is 2.88 bits per heavy atom. The van der Waals surface area contributed by atoms with Crippen molar-refractivity contribution in [1.29, 1.82) is 0 Å². The molecule has 46 valence electrons. The molecule has 0 aliphatic rings. The molecule has 0 aromatic carbocycles. The molecule has 0 radical (unpaired) electrons. The monoisotopic (exact) mass is 118 g/mol. The summed E-state index contributed by atoms with van der Waals surface area (Å²) in [5.74, 6) is -0.626. The maximum atomic E-state index is 9.82. The van der Waals surface area contributed by atoms with Crippen LogP contribution in [0.25, 0.3) is 0 Å². The minimum atomic E-state index is -0.626. The van der Waals surface area contributed by atoms with Gasteiger partial charge >= 0.3 is 0 Å². The lowest BCUT2D eigenvalue weighted by Gasteiger charge is -1.92. The first kappa shape index (κ1) is 6.90. The van der Waals surface area contributed by atoms with Crippen LogP contribution in [0.1, 0.15) is 0 Å². The van der Waals surface area contributed by atoms with Crippen molar-refractivity contribution >= 4 is 12.3 Å². The summed E-state index contributed by atoms with van der Waals surface area (Å²) in [5.41, 5.74) is 6.41. The van der Waals surface area contributed by atoms with Crippen LogP contribution in [0.15, 0.2) is 0 Å². The molecular weight excluding hydrogens is 112 g/mol. The van der Waals surface area contributed by atoms with E-state index >= 15 is 0 Å². The Kier molecular flexibility index (Phi) is 3.51.